The summed E-state index contributed by atoms with van der Waals surface area (Å²) in [5, 5.41) is 4.12. The van der Waals surface area contributed by atoms with Crippen LogP contribution in [0.25, 0.3) is 10.9 Å². The van der Waals surface area contributed by atoms with Crippen LogP contribution in [0.5, 0.6) is 5.75 Å². The third-order valence-corrected chi connectivity index (χ3v) is 6.59. The topological polar surface area (TPSA) is 74.1 Å². The van der Waals surface area contributed by atoms with Gasteiger partial charge in [0.15, 0.2) is 0 Å². The van der Waals surface area contributed by atoms with Crippen molar-refractivity contribution in [3.05, 3.63) is 89.1 Å². The molecule has 1 amide bonds. The first-order valence-corrected chi connectivity index (χ1v) is 12.4. The molecular formula is C30H31N3O4. The van der Waals surface area contributed by atoms with Crippen LogP contribution < -0.4 is 10.1 Å². The lowest BCUT2D eigenvalue weighted by Gasteiger charge is -2.09. The molecule has 0 aliphatic carbocycles. The molecule has 0 unspecified atom stereocenters. The summed E-state index contributed by atoms with van der Waals surface area (Å²) < 4.78 is 18.2. The van der Waals surface area contributed by atoms with E-state index in [1.807, 2.05) is 60.7 Å². The number of nitrogens with one attached hydrogen (secondary N) is 1. The van der Waals surface area contributed by atoms with Crippen LogP contribution in [0.4, 0.5) is 11.4 Å². The van der Waals surface area contributed by atoms with E-state index in [9.17, 15) is 4.79 Å². The van der Waals surface area contributed by atoms with Gasteiger partial charge in [-0.1, -0.05) is 12.1 Å². The van der Waals surface area contributed by atoms with Crippen LogP contribution in [0, 0.1) is 6.92 Å². The van der Waals surface area contributed by atoms with E-state index in [2.05, 4.69) is 22.9 Å². The number of aromatic nitrogens is 1. The summed E-state index contributed by atoms with van der Waals surface area (Å²) in [4.78, 5) is 17.7. The first-order chi connectivity index (χ1) is 18.1. The fourth-order valence-corrected chi connectivity index (χ4v) is 4.66. The zero-order chi connectivity index (χ0) is 25.8. The normalized spacial score (nSPS) is 12.5. The Morgan fingerprint density at radius 1 is 0.946 bits per heavy atom. The average molecular weight is 498 g/mol. The summed E-state index contributed by atoms with van der Waals surface area (Å²) in [5.74, 6) is 0.676. The van der Waals surface area contributed by atoms with E-state index in [-0.39, 0.29) is 5.91 Å². The van der Waals surface area contributed by atoms with Gasteiger partial charge in [0.25, 0.3) is 5.91 Å². The summed E-state index contributed by atoms with van der Waals surface area (Å²) in [5.41, 5.74) is 7.73. The van der Waals surface area contributed by atoms with Crippen molar-refractivity contribution in [1.82, 2.24) is 4.57 Å². The van der Waals surface area contributed by atoms with Crippen LogP contribution in [0.3, 0.4) is 0 Å². The van der Waals surface area contributed by atoms with Gasteiger partial charge in [0, 0.05) is 55.0 Å². The van der Waals surface area contributed by atoms with Crippen molar-refractivity contribution in [2.24, 2.45) is 4.99 Å². The van der Waals surface area contributed by atoms with Gasteiger partial charge < -0.3 is 24.1 Å². The van der Waals surface area contributed by atoms with Gasteiger partial charge in [-0.25, -0.2) is 0 Å². The summed E-state index contributed by atoms with van der Waals surface area (Å²) in [6.45, 7) is 4.60. The van der Waals surface area contributed by atoms with Gasteiger partial charge in [-0.05, 0) is 72.6 Å². The number of hydrogen-bond acceptors (Lipinski definition) is 5. The number of nitrogens with zero attached hydrogens (tertiary/aromatic N) is 2. The predicted molar refractivity (Wildman–Crippen MR) is 147 cm³/mol. The van der Waals surface area contributed by atoms with Crippen molar-refractivity contribution in [3.8, 4) is 5.75 Å². The molecule has 1 aliphatic rings. The number of ether oxygens (including phenoxy) is 3. The van der Waals surface area contributed by atoms with Crippen molar-refractivity contribution in [2.45, 2.75) is 19.9 Å². The number of benzene rings is 3. The van der Waals surface area contributed by atoms with Gasteiger partial charge in [-0.15, -0.1) is 0 Å². The fourth-order valence-electron chi connectivity index (χ4n) is 4.66. The zero-order valence-corrected chi connectivity index (χ0v) is 21.4. The molecule has 1 aromatic heterocycles. The number of carbonyl (C=O) groups excluding carboxylic acids is 1. The van der Waals surface area contributed by atoms with E-state index in [1.165, 1.54) is 0 Å². The van der Waals surface area contributed by atoms with E-state index in [4.69, 9.17) is 19.2 Å². The number of amides is 1. The van der Waals surface area contributed by atoms with Crippen LogP contribution in [0.1, 0.15) is 27.2 Å². The van der Waals surface area contributed by atoms with Gasteiger partial charge in [-0.2, -0.15) is 0 Å². The standard InChI is InChI=1S/C30H31N3O4/c1-20-16-24-17-25(8-11-29(24)33(20)12-13-35-2)31-30(34)22-6-4-21(5-7-22)28-19-23-18-26(37-15-14-36-3)9-10-27(23)32-28/h4-11,16-18H,12-15,19H2,1-3H3,(H,31,34). The molecule has 7 heteroatoms. The number of rotatable bonds is 10. The minimum Gasteiger partial charge on any atom is -0.491 e. The lowest BCUT2D eigenvalue weighted by molar-refractivity contribution is 0.102. The first kappa shape index (κ1) is 24.7. The molecule has 190 valence electrons. The van der Waals surface area contributed by atoms with E-state index in [0.717, 1.165) is 63.5 Å². The predicted octanol–water partition coefficient (Wildman–Crippen LogP) is 5.55. The van der Waals surface area contributed by atoms with E-state index in [1.54, 1.807) is 14.2 Å². The molecule has 3 aromatic carbocycles. The molecule has 0 radical (unpaired) electrons. The van der Waals surface area contributed by atoms with Crippen molar-refractivity contribution >= 4 is 33.9 Å². The quantitative estimate of drug-likeness (QED) is 0.292. The zero-order valence-electron chi connectivity index (χ0n) is 21.4. The highest BCUT2D eigenvalue weighted by molar-refractivity contribution is 6.08. The fraction of sp³-hybridized carbons (Fsp3) is 0.267. The smallest absolute Gasteiger partial charge is 0.255 e. The number of aryl methyl sites for hydroxylation is 1. The second-order valence-electron chi connectivity index (χ2n) is 9.10. The Kier molecular flexibility index (Phi) is 7.35. The van der Waals surface area contributed by atoms with Crippen molar-refractivity contribution < 1.29 is 19.0 Å². The Labute approximate surface area is 216 Å². The molecule has 0 saturated heterocycles. The average Bonchev–Trinajstić information content (AvgIpc) is 3.47. The Hall–Kier alpha value is -3.94. The Morgan fingerprint density at radius 2 is 1.76 bits per heavy atom. The molecular weight excluding hydrogens is 466 g/mol. The molecule has 0 bridgehead atoms. The third kappa shape index (κ3) is 5.43. The minimum absolute atomic E-state index is 0.143. The molecule has 1 aliphatic heterocycles. The second kappa shape index (κ2) is 11.0. The van der Waals surface area contributed by atoms with Crippen molar-refractivity contribution in [2.75, 3.05) is 39.4 Å². The van der Waals surface area contributed by atoms with E-state index < -0.39 is 0 Å². The number of methoxy groups -OCH3 is 2. The summed E-state index contributed by atoms with van der Waals surface area (Å²) >= 11 is 0. The Bertz CT molecular complexity index is 1450. The monoisotopic (exact) mass is 497 g/mol. The van der Waals surface area contributed by atoms with Crippen LogP contribution in [0.2, 0.25) is 0 Å². The summed E-state index contributed by atoms with van der Waals surface area (Å²) in [6.07, 6.45) is 0.728. The van der Waals surface area contributed by atoms with Gasteiger partial charge in [0.1, 0.15) is 12.4 Å². The van der Waals surface area contributed by atoms with E-state index in [0.29, 0.717) is 25.4 Å². The largest absolute Gasteiger partial charge is 0.491 e. The van der Waals surface area contributed by atoms with Gasteiger partial charge in [0.2, 0.25) is 0 Å². The number of hydrogen-bond donors (Lipinski definition) is 1. The molecule has 0 saturated carbocycles. The Morgan fingerprint density at radius 3 is 2.54 bits per heavy atom. The number of carbonyl (C=O) groups is 1. The van der Waals surface area contributed by atoms with Crippen LogP contribution in [0.15, 0.2) is 71.7 Å². The molecule has 5 rings (SSSR count). The van der Waals surface area contributed by atoms with Crippen molar-refractivity contribution in [1.29, 1.82) is 0 Å². The molecule has 0 spiro atoms. The highest BCUT2D eigenvalue weighted by Crippen LogP contribution is 2.32. The highest BCUT2D eigenvalue weighted by Gasteiger charge is 2.18. The summed E-state index contributed by atoms with van der Waals surface area (Å²) in [6, 6.07) is 21.7. The molecule has 0 atom stereocenters. The number of anilines is 1. The maximum absolute atomic E-state index is 12.9. The molecule has 7 nitrogen and oxygen atoms in total. The Balaban J connectivity index is 1.24. The third-order valence-electron chi connectivity index (χ3n) is 6.59. The maximum Gasteiger partial charge on any atom is 0.255 e. The van der Waals surface area contributed by atoms with Crippen LogP contribution in [-0.2, 0) is 22.4 Å². The lowest BCUT2D eigenvalue weighted by atomic mass is 10.0. The molecule has 4 aromatic rings. The molecule has 0 fully saturated rings. The van der Waals surface area contributed by atoms with Crippen molar-refractivity contribution in [3.63, 3.8) is 0 Å². The highest BCUT2D eigenvalue weighted by atomic mass is 16.5. The summed E-state index contributed by atoms with van der Waals surface area (Å²) in [7, 11) is 3.36. The molecule has 1 N–H and O–H groups in total. The van der Waals surface area contributed by atoms with Crippen LogP contribution in [-0.4, -0.2) is 50.2 Å². The SMILES string of the molecule is COCCOc1ccc2c(c1)CC(c1ccc(C(=O)Nc3ccc4c(c3)cc(C)n4CCOC)cc1)=N2. The first-order valence-electron chi connectivity index (χ1n) is 12.4. The number of fused-ring (bicyclic) bond motifs is 2. The lowest BCUT2D eigenvalue weighted by Crippen LogP contribution is -2.12. The van der Waals surface area contributed by atoms with Gasteiger partial charge >= 0.3 is 0 Å². The van der Waals surface area contributed by atoms with Gasteiger partial charge in [-0.3, -0.25) is 9.79 Å². The number of aliphatic imine (C=N–C) groups is 1. The maximum atomic E-state index is 12.9. The van der Waals surface area contributed by atoms with Crippen LogP contribution >= 0.6 is 0 Å². The molecule has 2 heterocycles. The minimum atomic E-state index is -0.143. The second-order valence-corrected chi connectivity index (χ2v) is 9.10. The molecule has 37 heavy (non-hydrogen) atoms. The van der Waals surface area contributed by atoms with E-state index >= 15 is 0 Å². The van der Waals surface area contributed by atoms with Gasteiger partial charge in [0.05, 0.1) is 24.6 Å².